The van der Waals surface area contributed by atoms with Gasteiger partial charge in [-0.2, -0.15) is 0 Å². The van der Waals surface area contributed by atoms with E-state index in [4.69, 9.17) is 0 Å². The molecule has 0 spiro atoms. The molecule has 17 heavy (non-hydrogen) atoms. The molecule has 0 aliphatic rings. The van der Waals surface area contributed by atoms with Gasteiger partial charge < -0.3 is 5.32 Å². The molecular formula is C14H19NS2. The van der Waals surface area contributed by atoms with Crippen molar-refractivity contribution in [3.63, 3.8) is 0 Å². The third-order valence-electron chi connectivity index (χ3n) is 2.78. The molecule has 1 atom stereocenters. The van der Waals surface area contributed by atoms with E-state index in [1.54, 1.807) is 0 Å². The highest BCUT2D eigenvalue weighted by molar-refractivity contribution is 7.10. The van der Waals surface area contributed by atoms with Gasteiger partial charge in [-0.05, 0) is 48.3 Å². The molecule has 0 amide bonds. The molecule has 3 heteroatoms. The van der Waals surface area contributed by atoms with E-state index in [0.29, 0.717) is 6.04 Å². The van der Waals surface area contributed by atoms with Crippen LogP contribution >= 0.6 is 22.7 Å². The van der Waals surface area contributed by atoms with Crippen molar-refractivity contribution in [2.75, 3.05) is 6.54 Å². The second-order valence-electron chi connectivity index (χ2n) is 4.28. The van der Waals surface area contributed by atoms with E-state index in [0.717, 1.165) is 13.0 Å². The Labute approximate surface area is 112 Å². The van der Waals surface area contributed by atoms with Gasteiger partial charge in [0.05, 0.1) is 0 Å². The molecule has 0 aromatic carbocycles. The predicted molar refractivity (Wildman–Crippen MR) is 78.1 cm³/mol. The maximum absolute atomic E-state index is 3.65. The molecule has 1 nitrogen and oxygen atoms in total. The maximum Gasteiger partial charge on any atom is 0.0377 e. The quantitative estimate of drug-likeness (QED) is 0.816. The van der Waals surface area contributed by atoms with Crippen LogP contribution in [0.25, 0.3) is 0 Å². The zero-order chi connectivity index (χ0) is 12.1. The van der Waals surface area contributed by atoms with Gasteiger partial charge in [-0.3, -0.25) is 0 Å². The zero-order valence-electron chi connectivity index (χ0n) is 10.4. The lowest BCUT2D eigenvalue weighted by Gasteiger charge is -2.16. The van der Waals surface area contributed by atoms with E-state index < -0.39 is 0 Å². The van der Waals surface area contributed by atoms with Crippen molar-refractivity contribution in [1.82, 2.24) is 5.32 Å². The van der Waals surface area contributed by atoms with Crippen LogP contribution in [0.5, 0.6) is 0 Å². The Morgan fingerprint density at radius 3 is 2.82 bits per heavy atom. The molecule has 1 N–H and O–H groups in total. The normalized spacial score (nSPS) is 12.8. The van der Waals surface area contributed by atoms with Crippen molar-refractivity contribution < 1.29 is 0 Å². The van der Waals surface area contributed by atoms with E-state index in [1.165, 1.54) is 21.7 Å². The molecule has 0 fully saturated rings. The van der Waals surface area contributed by atoms with E-state index >= 15 is 0 Å². The van der Waals surface area contributed by atoms with Gasteiger partial charge in [0, 0.05) is 22.2 Å². The van der Waals surface area contributed by atoms with E-state index in [1.807, 2.05) is 22.7 Å². The first-order valence-electron chi connectivity index (χ1n) is 6.10. The van der Waals surface area contributed by atoms with Crippen LogP contribution < -0.4 is 5.32 Å². The second-order valence-corrected chi connectivity index (χ2v) is 6.43. The first-order valence-corrected chi connectivity index (χ1v) is 7.86. The summed E-state index contributed by atoms with van der Waals surface area (Å²) in [6.07, 6.45) is 2.29. The van der Waals surface area contributed by atoms with Gasteiger partial charge in [0.2, 0.25) is 0 Å². The fraction of sp³-hybridized carbons (Fsp3) is 0.429. The third kappa shape index (κ3) is 3.66. The summed E-state index contributed by atoms with van der Waals surface area (Å²) in [5.74, 6) is 0. The Bertz CT molecular complexity index is 431. The van der Waals surface area contributed by atoms with Crippen LogP contribution in [0, 0.1) is 6.92 Å². The van der Waals surface area contributed by atoms with Gasteiger partial charge in [-0.1, -0.05) is 13.0 Å². The van der Waals surface area contributed by atoms with E-state index in [9.17, 15) is 0 Å². The van der Waals surface area contributed by atoms with Gasteiger partial charge in [0.25, 0.3) is 0 Å². The van der Waals surface area contributed by atoms with Crippen LogP contribution in [0.2, 0.25) is 0 Å². The lowest BCUT2D eigenvalue weighted by Crippen LogP contribution is -2.23. The minimum absolute atomic E-state index is 0.471. The van der Waals surface area contributed by atoms with Crippen LogP contribution in [0.4, 0.5) is 0 Å². The summed E-state index contributed by atoms with van der Waals surface area (Å²) in [6, 6.07) is 7.14. The standard InChI is InChI=1S/C14H19NS2/c1-3-6-15-14(9-13-5-4-7-16-13)12-8-11(2)17-10-12/h4-5,7-8,10,14-15H,3,6,9H2,1-2H3. The highest BCUT2D eigenvalue weighted by atomic mass is 32.1. The Balaban J connectivity index is 2.07. The number of thiophene rings is 2. The summed E-state index contributed by atoms with van der Waals surface area (Å²) in [5.41, 5.74) is 1.44. The number of hydrogen-bond donors (Lipinski definition) is 1. The first-order chi connectivity index (χ1) is 8.29. The first kappa shape index (κ1) is 12.8. The second kappa shape index (κ2) is 6.34. The summed E-state index contributed by atoms with van der Waals surface area (Å²) >= 11 is 3.69. The topological polar surface area (TPSA) is 12.0 Å². The largest absolute Gasteiger partial charge is 0.310 e. The summed E-state index contributed by atoms with van der Waals surface area (Å²) < 4.78 is 0. The molecule has 0 radical (unpaired) electrons. The Morgan fingerprint density at radius 2 is 2.24 bits per heavy atom. The van der Waals surface area contributed by atoms with Gasteiger partial charge >= 0.3 is 0 Å². The van der Waals surface area contributed by atoms with Crippen molar-refractivity contribution in [2.45, 2.75) is 32.7 Å². The molecular weight excluding hydrogens is 246 g/mol. The fourth-order valence-corrected chi connectivity index (χ4v) is 3.41. The summed E-state index contributed by atoms with van der Waals surface area (Å²) in [4.78, 5) is 2.86. The minimum atomic E-state index is 0.471. The number of nitrogens with one attached hydrogen (secondary N) is 1. The van der Waals surface area contributed by atoms with Gasteiger partial charge in [0.15, 0.2) is 0 Å². The molecule has 2 aromatic heterocycles. The summed E-state index contributed by atoms with van der Waals surface area (Å²) in [5, 5.41) is 8.10. The Morgan fingerprint density at radius 1 is 1.35 bits per heavy atom. The molecule has 2 rings (SSSR count). The highest BCUT2D eigenvalue weighted by Crippen LogP contribution is 2.25. The summed E-state index contributed by atoms with van der Waals surface area (Å²) in [6.45, 7) is 5.48. The molecule has 0 saturated heterocycles. The van der Waals surface area contributed by atoms with Crippen LogP contribution in [-0.4, -0.2) is 6.54 Å². The van der Waals surface area contributed by atoms with E-state index in [-0.39, 0.29) is 0 Å². The van der Waals surface area contributed by atoms with Crippen LogP contribution in [0.15, 0.2) is 29.0 Å². The predicted octanol–water partition coefficient (Wildman–Crippen LogP) is 4.40. The molecule has 0 aliphatic carbocycles. The van der Waals surface area contributed by atoms with Crippen molar-refractivity contribution in [3.05, 3.63) is 44.3 Å². The fourth-order valence-electron chi connectivity index (χ4n) is 1.90. The Hall–Kier alpha value is -0.640. The molecule has 0 bridgehead atoms. The number of hydrogen-bond acceptors (Lipinski definition) is 3. The average molecular weight is 265 g/mol. The maximum atomic E-state index is 3.65. The van der Waals surface area contributed by atoms with Crippen molar-refractivity contribution in [2.24, 2.45) is 0 Å². The number of rotatable bonds is 6. The lowest BCUT2D eigenvalue weighted by atomic mass is 10.1. The monoisotopic (exact) mass is 265 g/mol. The lowest BCUT2D eigenvalue weighted by molar-refractivity contribution is 0.533. The molecule has 2 aromatic rings. The molecule has 0 saturated carbocycles. The van der Waals surface area contributed by atoms with Crippen LogP contribution in [-0.2, 0) is 6.42 Å². The average Bonchev–Trinajstić information content (AvgIpc) is 2.95. The molecule has 1 unspecified atom stereocenters. The van der Waals surface area contributed by atoms with Gasteiger partial charge in [-0.25, -0.2) is 0 Å². The molecule has 92 valence electrons. The van der Waals surface area contributed by atoms with E-state index in [2.05, 4.69) is 48.1 Å². The summed E-state index contributed by atoms with van der Waals surface area (Å²) in [7, 11) is 0. The van der Waals surface area contributed by atoms with Gasteiger partial charge in [-0.15, -0.1) is 22.7 Å². The number of aryl methyl sites for hydroxylation is 1. The van der Waals surface area contributed by atoms with Crippen LogP contribution in [0.1, 0.15) is 34.7 Å². The zero-order valence-corrected chi connectivity index (χ0v) is 12.0. The van der Waals surface area contributed by atoms with Crippen molar-refractivity contribution in [1.29, 1.82) is 0 Å². The minimum Gasteiger partial charge on any atom is -0.310 e. The van der Waals surface area contributed by atoms with Gasteiger partial charge in [0.1, 0.15) is 0 Å². The van der Waals surface area contributed by atoms with Crippen LogP contribution in [0.3, 0.4) is 0 Å². The Kier molecular flexibility index (Phi) is 4.77. The highest BCUT2D eigenvalue weighted by Gasteiger charge is 2.13. The smallest absolute Gasteiger partial charge is 0.0377 e. The van der Waals surface area contributed by atoms with Crippen molar-refractivity contribution in [3.8, 4) is 0 Å². The molecule has 2 heterocycles. The van der Waals surface area contributed by atoms with Crippen molar-refractivity contribution >= 4 is 22.7 Å². The SMILES string of the molecule is CCCNC(Cc1cccs1)c1csc(C)c1. The molecule has 0 aliphatic heterocycles. The third-order valence-corrected chi connectivity index (χ3v) is 4.56.